The van der Waals surface area contributed by atoms with Gasteiger partial charge in [-0.2, -0.15) is 0 Å². The summed E-state index contributed by atoms with van der Waals surface area (Å²) in [7, 11) is 0. The van der Waals surface area contributed by atoms with Gasteiger partial charge in [0.25, 0.3) is 0 Å². The van der Waals surface area contributed by atoms with Gasteiger partial charge in [0.15, 0.2) is 0 Å². The number of likely N-dealkylation sites (tertiary alicyclic amines) is 1. The Balaban J connectivity index is 1.70. The molecule has 1 aromatic rings. The molecule has 0 aromatic carbocycles. The van der Waals surface area contributed by atoms with Gasteiger partial charge in [-0.25, -0.2) is 4.79 Å². The number of hydrogen-bond acceptors (Lipinski definition) is 3. The summed E-state index contributed by atoms with van der Waals surface area (Å²) < 4.78 is 0. The van der Waals surface area contributed by atoms with E-state index in [-0.39, 0.29) is 23.4 Å². The minimum atomic E-state index is -0.238. The number of rotatable bonds is 4. The molecular weight excluding hydrogens is 304 g/mol. The lowest BCUT2D eigenvalue weighted by Gasteiger charge is -2.33. The van der Waals surface area contributed by atoms with E-state index in [1.165, 1.54) is 0 Å². The Hall–Kier alpha value is -2.11. The molecule has 1 aliphatic rings. The van der Waals surface area contributed by atoms with Crippen LogP contribution in [0, 0.1) is 5.92 Å². The van der Waals surface area contributed by atoms with Gasteiger partial charge in [0.2, 0.25) is 5.91 Å². The zero-order chi connectivity index (χ0) is 17.6. The van der Waals surface area contributed by atoms with Crippen LogP contribution in [0.2, 0.25) is 0 Å². The number of aromatic nitrogens is 1. The molecule has 2 heterocycles. The summed E-state index contributed by atoms with van der Waals surface area (Å²) in [6.45, 7) is 7.77. The molecule has 3 amide bonds. The zero-order valence-electron chi connectivity index (χ0n) is 14.8. The van der Waals surface area contributed by atoms with E-state index in [0.717, 1.165) is 24.8 Å². The number of amides is 3. The van der Waals surface area contributed by atoms with Gasteiger partial charge in [0, 0.05) is 43.5 Å². The highest BCUT2D eigenvalue weighted by molar-refractivity contribution is 5.79. The molecule has 0 aliphatic carbocycles. The predicted octanol–water partition coefficient (Wildman–Crippen LogP) is 1.96. The monoisotopic (exact) mass is 332 g/mol. The summed E-state index contributed by atoms with van der Waals surface area (Å²) >= 11 is 0. The molecule has 6 nitrogen and oxygen atoms in total. The molecule has 0 saturated carbocycles. The summed E-state index contributed by atoms with van der Waals surface area (Å²) in [6.07, 6.45) is 5.78. The molecule has 1 saturated heterocycles. The first-order valence-corrected chi connectivity index (χ1v) is 8.59. The van der Waals surface area contributed by atoms with Crippen molar-refractivity contribution in [1.29, 1.82) is 0 Å². The summed E-state index contributed by atoms with van der Waals surface area (Å²) in [6, 6.07) is 3.86. The number of nitrogens with one attached hydrogen (secondary N) is 2. The van der Waals surface area contributed by atoms with Gasteiger partial charge in [-0.15, -0.1) is 0 Å². The van der Waals surface area contributed by atoms with Crippen molar-refractivity contribution < 1.29 is 9.59 Å². The van der Waals surface area contributed by atoms with E-state index in [4.69, 9.17) is 0 Å². The Kier molecular flexibility index (Phi) is 6.17. The second kappa shape index (κ2) is 8.13. The molecule has 1 aliphatic heterocycles. The smallest absolute Gasteiger partial charge is 0.317 e. The first-order chi connectivity index (χ1) is 11.3. The van der Waals surface area contributed by atoms with Crippen LogP contribution in [0.5, 0.6) is 0 Å². The highest BCUT2D eigenvalue weighted by atomic mass is 16.2. The first kappa shape index (κ1) is 18.2. The molecule has 0 atom stereocenters. The maximum atomic E-state index is 12.2. The van der Waals surface area contributed by atoms with Gasteiger partial charge in [0.1, 0.15) is 0 Å². The number of piperidine rings is 1. The third kappa shape index (κ3) is 5.83. The van der Waals surface area contributed by atoms with Crippen LogP contribution in [0.1, 0.15) is 39.2 Å². The SMILES string of the molecule is CC(C)(C)NC(=O)N1CCC(C(=O)NCCc2cccnc2)CC1. The van der Waals surface area contributed by atoms with Crippen LogP contribution in [-0.2, 0) is 11.2 Å². The minimum Gasteiger partial charge on any atom is -0.356 e. The normalized spacial score (nSPS) is 15.9. The zero-order valence-corrected chi connectivity index (χ0v) is 14.8. The van der Waals surface area contributed by atoms with E-state index < -0.39 is 0 Å². The topological polar surface area (TPSA) is 74.3 Å². The third-order valence-corrected chi connectivity index (χ3v) is 4.07. The fourth-order valence-electron chi connectivity index (χ4n) is 2.77. The highest BCUT2D eigenvalue weighted by Gasteiger charge is 2.28. The number of urea groups is 1. The number of pyridine rings is 1. The van der Waals surface area contributed by atoms with Crippen LogP contribution in [0.25, 0.3) is 0 Å². The second-order valence-electron chi connectivity index (χ2n) is 7.34. The quantitative estimate of drug-likeness (QED) is 0.885. The Morgan fingerprint density at radius 2 is 2.00 bits per heavy atom. The van der Waals surface area contributed by atoms with E-state index in [9.17, 15) is 9.59 Å². The van der Waals surface area contributed by atoms with E-state index in [2.05, 4.69) is 15.6 Å². The number of carbonyl (C=O) groups excluding carboxylic acids is 2. The Labute approximate surface area is 144 Å². The van der Waals surface area contributed by atoms with Crippen molar-refractivity contribution in [1.82, 2.24) is 20.5 Å². The van der Waals surface area contributed by atoms with Gasteiger partial charge in [-0.3, -0.25) is 9.78 Å². The molecule has 6 heteroatoms. The average molecular weight is 332 g/mol. The minimum absolute atomic E-state index is 0.00224. The van der Waals surface area contributed by atoms with Crippen molar-refractivity contribution in [2.45, 2.75) is 45.6 Å². The fraction of sp³-hybridized carbons (Fsp3) is 0.611. The van der Waals surface area contributed by atoms with Crippen LogP contribution in [0.15, 0.2) is 24.5 Å². The summed E-state index contributed by atoms with van der Waals surface area (Å²) in [4.78, 5) is 30.2. The van der Waals surface area contributed by atoms with E-state index in [1.807, 2.05) is 39.1 Å². The van der Waals surface area contributed by atoms with Crippen LogP contribution in [0.4, 0.5) is 4.79 Å². The number of carbonyl (C=O) groups is 2. The number of nitrogens with zero attached hydrogens (tertiary/aromatic N) is 2. The van der Waals surface area contributed by atoms with Crippen LogP contribution < -0.4 is 10.6 Å². The van der Waals surface area contributed by atoms with E-state index in [0.29, 0.717) is 19.6 Å². The van der Waals surface area contributed by atoms with Crippen molar-refractivity contribution in [3.05, 3.63) is 30.1 Å². The molecule has 1 fully saturated rings. The molecule has 132 valence electrons. The van der Waals surface area contributed by atoms with Gasteiger partial charge in [-0.05, 0) is 51.7 Å². The Morgan fingerprint density at radius 1 is 1.29 bits per heavy atom. The van der Waals surface area contributed by atoms with Crippen LogP contribution >= 0.6 is 0 Å². The molecule has 2 rings (SSSR count). The molecule has 0 bridgehead atoms. The Morgan fingerprint density at radius 3 is 2.58 bits per heavy atom. The van der Waals surface area contributed by atoms with Crippen molar-refractivity contribution in [2.24, 2.45) is 5.92 Å². The molecule has 0 radical (unpaired) electrons. The highest BCUT2D eigenvalue weighted by Crippen LogP contribution is 2.18. The summed E-state index contributed by atoms with van der Waals surface area (Å²) in [5, 5.41) is 5.96. The standard InChI is InChI=1S/C18H28N4O2/c1-18(2,3)21-17(24)22-11-7-15(8-12-22)16(23)20-10-6-14-5-4-9-19-13-14/h4-5,9,13,15H,6-8,10-12H2,1-3H3,(H,20,23)(H,21,24). The fourth-order valence-corrected chi connectivity index (χ4v) is 2.77. The Bertz CT molecular complexity index is 546. The molecule has 0 spiro atoms. The summed E-state index contributed by atoms with van der Waals surface area (Å²) in [5.41, 5.74) is 0.879. The second-order valence-corrected chi connectivity index (χ2v) is 7.34. The molecule has 2 N–H and O–H groups in total. The lowest BCUT2D eigenvalue weighted by Crippen LogP contribution is -2.51. The van der Waals surface area contributed by atoms with Crippen molar-refractivity contribution in [2.75, 3.05) is 19.6 Å². The molecule has 1 aromatic heterocycles. The lowest BCUT2D eigenvalue weighted by molar-refractivity contribution is -0.126. The van der Waals surface area contributed by atoms with E-state index in [1.54, 1.807) is 11.1 Å². The first-order valence-electron chi connectivity index (χ1n) is 8.59. The summed E-state index contributed by atoms with van der Waals surface area (Å²) in [5.74, 6) is 0.0901. The number of hydrogen-bond donors (Lipinski definition) is 2. The van der Waals surface area contributed by atoms with Crippen molar-refractivity contribution in [3.8, 4) is 0 Å². The van der Waals surface area contributed by atoms with Gasteiger partial charge < -0.3 is 15.5 Å². The van der Waals surface area contributed by atoms with Gasteiger partial charge in [0.05, 0.1) is 0 Å². The molecule has 24 heavy (non-hydrogen) atoms. The average Bonchev–Trinajstić information content (AvgIpc) is 2.54. The van der Waals surface area contributed by atoms with Gasteiger partial charge >= 0.3 is 6.03 Å². The molecular formula is C18H28N4O2. The molecule has 0 unspecified atom stereocenters. The maximum absolute atomic E-state index is 12.2. The lowest BCUT2D eigenvalue weighted by atomic mass is 9.96. The predicted molar refractivity (Wildman–Crippen MR) is 93.5 cm³/mol. The van der Waals surface area contributed by atoms with Crippen molar-refractivity contribution in [3.63, 3.8) is 0 Å². The van der Waals surface area contributed by atoms with Gasteiger partial charge in [-0.1, -0.05) is 6.07 Å². The largest absolute Gasteiger partial charge is 0.356 e. The van der Waals surface area contributed by atoms with E-state index >= 15 is 0 Å². The third-order valence-electron chi connectivity index (χ3n) is 4.07. The van der Waals surface area contributed by atoms with Crippen molar-refractivity contribution >= 4 is 11.9 Å². The van der Waals surface area contributed by atoms with Crippen LogP contribution in [-0.4, -0.2) is 47.0 Å². The maximum Gasteiger partial charge on any atom is 0.317 e. The van der Waals surface area contributed by atoms with Crippen LogP contribution in [0.3, 0.4) is 0 Å².